The number of aryl methyl sites for hydroxylation is 1. The van der Waals surface area contributed by atoms with Gasteiger partial charge >= 0.3 is 0 Å². The highest BCUT2D eigenvalue weighted by atomic mass is 32.1. The molecule has 92 valence electrons. The van der Waals surface area contributed by atoms with E-state index in [0.29, 0.717) is 17.0 Å². The minimum Gasteiger partial charge on any atom is -0.329 e. The monoisotopic (exact) mass is 260 g/mol. The van der Waals surface area contributed by atoms with Crippen LogP contribution >= 0.6 is 11.3 Å². The third-order valence-corrected chi connectivity index (χ3v) is 3.31. The number of carbonyl (C=O) groups is 2. The van der Waals surface area contributed by atoms with Gasteiger partial charge in [0.25, 0.3) is 5.91 Å². The van der Waals surface area contributed by atoms with Crippen molar-refractivity contribution in [3.63, 3.8) is 0 Å². The van der Waals surface area contributed by atoms with Gasteiger partial charge in [0.15, 0.2) is 0 Å². The van der Waals surface area contributed by atoms with Crippen LogP contribution in [0.25, 0.3) is 0 Å². The summed E-state index contributed by atoms with van der Waals surface area (Å²) in [5.41, 5.74) is 2.34. The van der Waals surface area contributed by atoms with E-state index in [2.05, 4.69) is 10.6 Å². The van der Waals surface area contributed by atoms with Gasteiger partial charge < -0.3 is 10.6 Å². The van der Waals surface area contributed by atoms with Crippen LogP contribution in [-0.2, 0) is 4.79 Å². The van der Waals surface area contributed by atoms with E-state index in [1.54, 1.807) is 24.3 Å². The Morgan fingerprint density at radius 1 is 1.33 bits per heavy atom. The third-order valence-electron chi connectivity index (χ3n) is 2.45. The van der Waals surface area contributed by atoms with Crippen LogP contribution in [0.1, 0.15) is 15.2 Å². The average Bonchev–Trinajstić information content (AvgIpc) is 2.86. The first-order valence-corrected chi connectivity index (χ1v) is 6.24. The van der Waals surface area contributed by atoms with Gasteiger partial charge in [-0.2, -0.15) is 0 Å². The zero-order chi connectivity index (χ0) is 13.0. The summed E-state index contributed by atoms with van der Waals surface area (Å²) >= 11 is 1.40. The summed E-state index contributed by atoms with van der Waals surface area (Å²) in [5.74, 6) is -0.121. The van der Waals surface area contributed by atoms with Gasteiger partial charge in [-0.3, -0.25) is 9.59 Å². The maximum atomic E-state index is 11.9. The third kappa shape index (κ3) is 2.75. The SMILES string of the molecule is Cc1cc(NC=O)ccc1NC(=O)c1cccs1. The number of hydrogen-bond acceptors (Lipinski definition) is 3. The molecule has 0 unspecified atom stereocenters. The van der Waals surface area contributed by atoms with E-state index >= 15 is 0 Å². The summed E-state index contributed by atoms with van der Waals surface area (Å²) in [6.45, 7) is 1.88. The molecular formula is C13H12N2O2S. The largest absolute Gasteiger partial charge is 0.329 e. The van der Waals surface area contributed by atoms with E-state index in [0.717, 1.165) is 11.3 Å². The zero-order valence-electron chi connectivity index (χ0n) is 9.77. The van der Waals surface area contributed by atoms with Crippen molar-refractivity contribution in [2.24, 2.45) is 0 Å². The Hall–Kier alpha value is -2.14. The Morgan fingerprint density at radius 3 is 2.78 bits per heavy atom. The fourth-order valence-corrected chi connectivity index (χ4v) is 2.17. The Bertz CT molecular complexity index is 564. The topological polar surface area (TPSA) is 58.2 Å². The Balaban J connectivity index is 2.14. The molecule has 0 atom stereocenters. The van der Waals surface area contributed by atoms with Crippen LogP contribution in [0.15, 0.2) is 35.7 Å². The molecule has 4 nitrogen and oxygen atoms in total. The molecule has 0 fully saturated rings. The summed E-state index contributed by atoms with van der Waals surface area (Å²) in [6, 6.07) is 8.93. The van der Waals surface area contributed by atoms with Crippen molar-refractivity contribution in [1.29, 1.82) is 0 Å². The van der Waals surface area contributed by atoms with E-state index < -0.39 is 0 Å². The average molecular weight is 260 g/mol. The molecule has 0 aliphatic heterocycles. The Labute approximate surface area is 109 Å². The number of rotatable bonds is 4. The van der Waals surface area contributed by atoms with Gasteiger partial charge in [0.05, 0.1) is 4.88 Å². The first-order valence-electron chi connectivity index (χ1n) is 5.36. The van der Waals surface area contributed by atoms with Gasteiger partial charge in [-0.15, -0.1) is 11.3 Å². The highest BCUT2D eigenvalue weighted by Crippen LogP contribution is 2.20. The molecule has 1 aromatic carbocycles. The summed E-state index contributed by atoms with van der Waals surface area (Å²) in [4.78, 5) is 22.9. The minimum atomic E-state index is -0.121. The second-order valence-corrected chi connectivity index (χ2v) is 4.67. The van der Waals surface area contributed by atoms with E-state index in [-0.39, 0.29) is 5.91 Å². The van der Waals surface area contributed by atoms with Crippen LogP contribution in [0.5, 0.6) is 0 Å². The lowest BCUT2D eigenvalue weighted by Crippen LogP contribution is -2.11. The lowest BCUT2D eigenvalue weighted by Gasteiger charge is -2.09. The number of hydrogen-bond donors (Lipinski definition) is 2. The van der Waals surface area contributed by atoms with Crippen LogP contribution in [-0.4, -0.2) is 12.3 Å². The summed E-state index contributed by atoms with van der Waals surface area (Å²) in [6.07, 6.45) is 0.624. The number of benzene rings is 1. The van der Waals surface area contributed by atoms with Gasteiger partial charge in [-0.05, 0) is 42.1 Å². The van der Waals surface area contributed by atoms with Gasteiger partial charge in [0.2, 0.25) is 6.41 Å². The van der Waals surface area contributed by atoms with Crippen LogP contribution in [0.4, 0.5) is 11.4 Å². The fourth-order valence-electron chi connectivity index (χ4n) is 1.55. The Morgan fingerprint density at radius 2 is 2.17 bits per heavy atom. The van der Waals surface area contributed by atoms with Crippen LogP contribution in [0.3, 0.4) is 0 Å². The van der Waals surface area contributed by atoms with Crippen molar-refractivity contribution in [1.82, 2.24) is 0 Å². The molecule has 0 aliphatic rings. The van der Waals surface area contributed by atoms with Gasteiger partial charge in [-0.1, -0.05) is 6.07 Å². The van der Waals surface area contributed by atoms with E-state index in [1.165, 1.54) is 11.3 Å². The molecule has 0 radical (unpaired) electrons. The number of anilines is 2. The maximum Gasteiger partial charge on any atom is 0.265 e. The van der Waals surface area contributed by atoms with E-state index in [1.807, 2.05) is 18.4 Å². The lowest BCUT2D eigenvalue weighted by molar-refractivity contribution is -0.105. The molecule has 1 heterocycles. The first-order chi connectivity index (χ1) is 8.70. The summed E-state index contributed by atoms with van der Waals surface area (Å²) in [5, 5.41) is 7.26. The summed E-state index contributed by atoms with van der Waals surface area (Å²) < 4.78 is 0. The van der Waals surface area contributed by atoms with E-state index in [9.17, 15) is 9.59 Å². The normalized spacial score (nSPS) is 9.83. The lowest BCUT2D eigenvalue weighted by atomic mass is 10.1. The summed E-state index contributed by atoms with van der Waals surface area (Å²) in [7, 11) is 0. The fraction of sp³-hybridized carbons (Fsp3) is 0.0769. The molecule has 1 aromatic heterocycles. The molecule has 2 amide bonds. The Kier molecular flexibility index (Phi) is 3.74. The first kappa shape index (κ1) is 12.3. The quantitative estimate of drug-likeness (QED) is 0.830. The standard InChI is InChI=1S/C13H12N2O2S/c1-9-7-10(14-8-16)4-5-11(9)15-13(17)12-3-2-6-18-12/h2-8H,1H3,(H,14,16)(H,15,17). The molecule has 2 N–H and O–H groups in total. The molecule has 0 spiro atoms. The molecule has 0 saturated heterocycles. The number of carbonyl (C=O) groups excluding carboxylic acids is 2. The maximum absolute atomic E-state index is 11.9. The van der Waals surface area contributed by atoms with Gasteiger partial charge in [-0.25, -0.2) is 0 Å². The minimum absolute atomic E-state index is 0.121. The number of nitrogens with one attached hydrogen (secondary N) is 2. The zero-order valence-corrected chi connectivity index (χ0v) is 10.6. The molecule has 0 aliphatic carbocycles. The molecule has 18 heavy (non-hydrogen) atoms. The van der Waals surface area contributed by atoms with Crippen molar-refractivity contribution in [2.45, 2.75) is 6.92 Å². The van der Waals surface area contributed by atoms with Crippen molar-refractivity contribution in [2.75, 3.05) is 10.6 Å². The molecule has 0 bridgehead atoms. The van der Waals surface area contributed by atoms with Crippen LogP contribution in [0, 0.1) is 6.92 Å². The molecular weight excluding hydrogens is 248 g/mol. The molecule has 0 saturated carbocycles. The van der Waals surface area contributed by atoms with E-state index in [4.69, 9.17) is 0 Å². The highest BCUT2D eigenvalue weighted by molar-refractivity contribution is 7.12. The predicted molar refractivity (Wildman–Crippen MR) is 73.1 cm³/mol. The molecule has 2 rings (SSSR count). The van der Waals surface area contributed by atoms with Gasteiger partial charge in [0.1, 0.15) is 0 Å². The second kappa shape index (κ2) is 5.46. The second-order valence-electron chi connectivity index (χ2n) is 3.72. The van der Waals surface area contributed by atoms with Crippen molar-refractivity contribution < 1.29 is 9.59 Å². The van der Waals surface area contributed by atoms with Crippen molar-refractivity contribution in [3.8, 4) is 0 Å². The number of amides is 2. The molecule has 2 aromatic rings. The van der Waals surface area contributed by atoms with Crippen LogP contribution < -0.4 is 10.6 Å². The van der Waals surface area contributed by atoms with Crippen molar-refractivity contribution in [3.05, 3.63) is 46.2 Å². The van der Waals surface area contributed by atoms with Crippen LogP contribution in [0.2, 0.25) is 0 Å². The van der Waals surface area contributed by atoms with Gasteiger partial charge in [0, 0.05) is 11.4 Å². The highest BCUT2D eigenvalue weighted by Gasteiger charge is 2.08. The van der Waals surface area contributed by atoms with Crippen molar-refractivity contribution >= 4 is 35.0 Å². The predicted octanol–water partition coefficient (Wildman–Crippen LogP) is 2.88. The smallest absolute Gasteiger partial charge is 0.265 e. The number of thiophene rings is 1. The molecule has 5 heteroatoms.